The number of nitrogens with one attached hydrogen (secondary N) is 1. The van der Waals surface area contributed by atoms with Gasteiger partial charge in [-0.25, -0.2) is 18.3 Å². The van der Waals surface area contributed by atoms with E-state index in [1.165, 1.54) is 10.7 Å². The molecule has 174 valence electrons. The van der Waals surface area contributed by atoms with Crippen LogP contribution in [0.25, 0.3) is 5.65 Å². The van der Waals surface area contributed by atoms with Crippen LogP contribution in [0.3, 0.4) is 0 Å². The third-order valence-corrected chi connectivity index (χ3v) is 4.86. The maximum absolute atomic E-state index is 14.6. The normalized spacial score (nSPS) is 12.3. The molecule has 9 nitrogen and oxygen atoms in total. The lowest BCUT2D eigenvalue weighted by Gasteiger charge is -2.16. The van der Waals surface area contributed by atoms with Crippen LogP contribution in [0.15, 0.2) is 18.3 Å². The van der Waals surface area contributed by atoms with Gasteiger partial charge in [0.25, 0.3) is 0 Å². The number of rotatable bonds is 12. The van der Waals surface area contributed by atoms with Crippen molar-refractivity contribution in [1.82, 2.24) is 24.9 Å². The molecule has 0 fully saturated rings. The number of hydrogen-bond acceptors (Lipinski definition) is 8. The van der Waals surface area contributed by atoms with E-state index in [2.05, 4.69) is 20.4 Å². The lowest BCUT2D eigenvalue weighted by Crippen LogP contribution is -2.20. The molecule has 0 radical (unpaired) electrons. The van der Waals surface area contributed by atoms with Gasteiger partial charge in [0.2, 0.25) is 0 Å². The van der Waals surface area contributed by atoms with Crippen molar-refractivity contribution >= 4 is 11.5 Å². The Kier molecular flexibility index (Phi) is 8.12. The van der Waals surface area contributed by atoms with Crippen molar-refractivity contribution < 1.29 is 23.4 Å². The standard InChI is InChI=1S/C21H28F2N6O3/c1-3-4-15(5-7-30)32-21-27-19(24)20-26-12-14(29(20)28-21)9-13-10-17(23)18(11-16(13)22)31-8-6-25-2/h10-12,15,25,30H,3-9H2,1-2H3,(H2,24,27,28)/t15-/m1/s1. The number of likely N-dealkylation sites (N-methyl/N-ethyl adjacent to an activating group) is 1. The molecule has 1 atom stereocenters. The first-order valence-electron chi connectivity index (χ1n) is 10.5. The fourth-order valence-corrected chi connectivity index (χ4v) is 3.25. The summed E-state index contributed by atoms with van der Waals surface area (Å²) < 4.78 is 41.5. The van der Waals surface area contributed by atoms with E-state index in [4.69, 9.17) is 15.2 Å². The van der Waals surface area contributed by atoms with Crippen LogP contribution >= 0.6 is 0 Å². The predicted molar refractivity (Wildman–Crippen MR) is 115 cm³/mol. The number of aliphatic hydroxyl groups excluding tert-OH is 1. The van der Waals surface area contributed by atoms with Gasteiger partial charge >= 0.3 is 6.01 Å². The summed E-state index contributed by atoms with van der Waals surface area (Å²) in [5, 5.41) is 16.4. The van der Waals surface area contributed by atoms with Crippen LogP contribution in [0.1, 0.15) is 37.4 Å². The molecule has 3 rings (SSSR count). The Morgan fingerprint density at radius 3 is 2.78 bits per heavy atom. The maximum atomic E-state index is 14.6. The molecular weight excluding hydrogens is 422 g/mol. The van der Waals surface area contributed by atoms with Crippen LogP contribution in [0, 0.1) is 11.6 Å². The molecule has 0 bridgehead atoms. The summed E-state index contributed by atoms with van der Waals surface area (Å²) >= 11 is 0. The smallest absolute Gasteiger partial charge is 0.336 e. The van der Waals surface area contributed by atoms with E-state index >= 15 is 0 Å². The van der Waals surface area contributed by atoms with E-state index in [0.717, 1.165) is 18.6 Å². The highest BCUT2D eigenvalue weighted by molar-refractivity contribution is 5.59. The molecule has 4 N–H and O–H groups in total. The molecule has 0 aliphatic heterocycles. The summed E-state index contributed by atoms with van der Waals surface area (Å²) in [6.07, 6.45) is 3.24. The highest BCUT2D eigenvalue weighted by Gasteiger charge is 2.18. The molecule has 32 heavy (non-hydrogen) atoms. The fourth-order valence-electron chi connectivity index (χ4n) is 3.25. The number of anilines is 1. The van der Waals surface area contributed by atoms with E-state index < -0.39 is 11.6 Å². The van der Waals surface area contributed by atoms with Crippen molar-refractivity contribution in [3.8, 4) is 11.8 Å². The molecule has 3 aromatic rings. The number of hydrogen-bond donors (Lipinski definition) is 3. The van der Waals surface area contributed by atoms with Crippen molar-refractivity contribution in [3.05, 3.63) is 41.2 Å². The largest absolute Gasteiger partial charge is 0.489 e. The summed E-state index contributed by atoms with van der Waals surface area (Å²) in [6.45, 7) is 2.70. The van der Waals surface area contributed by atoms with E-state index in [-0.39, 0.29) is 54.5 Å². The topological polar surface area (TPSA) is 120 Å². The number of aliphatic hydroxyl groups is 1. The van der Waals surface area contributed by atoms with Crippen LogP contribution in [-0.2, 0) is 6.42 Å². The summed E-state index contributed by atoms with van der Waals surface area (Å²) in [5.41, 5.74) is 6.89. The number of ether oxygens (including phenoxy) is 2. The lowest BCUT2D eigenvalue weighted by molar-refractivity contribution is 0.133. The lowest BCUT2D eigenvalue weighted by atomic mass is 10.1. The Balaban J connectivity index is 1.86. The summed E-state index contributed by atoms with van der Waals surface area (Å²) in [7, 11) is 1.74. The Labute approximate surface area is 184 Å². The van der Waals surface area contributed by atoms with Crippen LogP contribution in [0.2, 0.25) is 0 Å². The van der Waals surface area contributed by atoms with Crippen LogP contribution in [0.5, 0.6) is 11.8 Å². The molecule has 0 aliphatic carbocycles. The summed E-state index contributed by atoms with van der Waals surface area (Å²) in [6, 6.07) is 2.16. The number of imidazole rings is 1. The number of fused-ring (bicyclic) bond motifs is 1. The number of aromatic nitrogens is 4. The van der Waals surface area contributed by atoms with Gasteiger partial charge in [0, 0.05) is 32.1 Å². The zero-order valence-electron chi connectivity index (χ0n) is 18.1. The van der Waals surface area contributed by atoms with Gasteiger partial charge in [-0.3, -0.25) is 0 Å². The van der Waals surface area contributed by atoms with Gasteiger partial charge in [-0.05, 0) is 25.1 Å². The molecule has 1 aromatic carbocycles. The average Bonchev–Trinajstić information content (AvgIpc) is 3.15. The molecule has 2 aromatic heterocycles. The van der Waals surface area contributed by atoms with Gasteiger partial charge in [-0.15, -0.1) is 5.10 Å². The third-order valence-electron chi connectivity index (χ3n) is 4.86. The molecule has 0 aliphatic rings. The number of nitrogen functional groups attached to an aromatic ring is 1. The molecule has 2 heterocycles. The van der Waals surface area contributed by atoms with Gasteiger partial charge in [-0.2, -0.15) is 4.98 Å². The average molecular weight is 450 g/mol. The van der Waals surface area contributed by atoms with Crippen LogP contribution in [-0.4, -0.2) is 57.6 Å². The van der Waals surface area contributed by atoms with Crippen LogP contribution in [0.4, 0.5) is 14.6 Å². The molecular formula is C21H28F2N6O3. The van der Waals surface area contributed by atoms with Gasteiger partial charge in [0.05, 0.1) is 11.9 Å². The summed E-state index contributed by atoms with van der Waals surface area (Å²) in [4.78, 5) is 8.32. The van der Waals surface area contributed by atoms with Gasteiger partial charge in [-0.1, -0.05) is 13.3 Å². The number of nitrogens with two attached hydrogens (primary N) is 1. The second kappa shape index (κ2) is 11.0. The van der Waals surface area contributed by atoms with Crippen molar-refractivity contribution in [3.63, 3.8) is 0 Å². The SMILES string of the molecule is CCC[C@H](CCO)Oc1nc(N)c2ncc(Cc3cc(F)c(OCCNC)cc3F)n2n1. The highest BCUT2D eigenvalue weighted by Crippen LogP contribution is 2.25. The van der Waals surface area contributed by atoms with Gasteiger partial charge in [0.15, 0.2) is 23.0 Å². The molecule has 0 saturated heterocycles. The van der Waals surface area contributed by atoms with E-state index in [1.807, 2.05) is 6.92 Å². The molecule has 0 amide bonds. The Morgan fingerprint density at radius 1 is 1.25 bits per heavy atom. The fraction of sp³-hybridized carbons (Fsp3) is 0.476. The highest BCUT2D eigenvalue weighted by atomic mass is 19.1. The third kappa shape index (κ3) is 5.60. The zero-order valence-corrected chi connectivity index (χ0v) is 18.1. The van der Waals surface area contributed by atoms with E-state index in [9.17, 15) is 13.9 Å². The molecule has 11 heteroatoms. The number of nitrogens with zero attached hydrogens (tertiary/aromatic N) is 4. The summed E-state index contributed by atoms with van der Waals surface area (Å²) in [5.74, 6) is -1.31. The minimum absolute atomic E-state index is 0.0195. The molecule has 0 spiro atoms. The predicted octanol–water partition coefficient (Wildman–Crippen LogP) is 2.10. The second-order valence-corrected chi connectivity index (χ2v) is 7.31. The Bertz CT molecular complexity index is 1040. The van der Waals surface area contributed by atoms with Gasteiger partial charge < -0.3 is 25.6 Å². The zero-order chi connectivity index (χ0) is 23.1. The van der Waals surface area contributed by atoms with E-state index in [0.29, 0.717) is 25.1 Å². The van der Waals surface area contributed by atoms with Gasteiger partial charge in [0.1, 0.15) is 18.5 Å². The Morgan fingerprint density at radius 2 is 2.06 bits per heavy atom. The minimum atomic E-state index is -0.657. The van der Waals surface area contributed by atoms with Crippen molar-refractivity contribution in [1.29, 1.82) is 0 Å². The molecule has 0 saturated carbocycles. The Hall–Kier alpha value is -3.05. The maximum Gasteiger partial charge on any atom is 0.336 e. The first-order valence-corrected chi connectivity index (χ1v) is 10.5. The first kappa shape index (κ1) is 23.6. The second-order valence-electron chi connectivity index (χ2n) is 7.31. The van der Waals surface area contributed by atoms with Crippen LogP contribution < -0.4 is 20.5 Å². The van der Waals surface area contributed by atoms with E-state index in [1.54, 1.807) is 7.05 Å². The monoisotopic (exact) mass is 450 g/mol. The van der Waals surface area contributed by atoms with Crippen molar-refractivity contribution in [2.24, 2.45) is 0 Å². The van der Waals surface area contributed by atoms with Crippen molar-refractivity contribution in [2.75, 3.05) is 32.5 Å². The number of halogens is 2. The van der Waals surface area contributed by atoms with Crippen molar-refractivity contribution in [2.45, 2.75) is 38.7 Å². The minimum Gasteiger partial charge on any atom is -0.489 e. The quantitative estimate of drug-likeness (QED) is 0.359. The molecule has 0 unspecified atom stereocenters. The number of benzene rings is 1. The first-order chi connectivity index (χ1) is 15.5.